The van der Waals surface area contributed by atoms with Gasteiger partial charge in [-0.3, -0.25) is 4.79 Å². The van der Waals surface area contributed by atoms with Gasteiger partial charge in [0.15, 0.2) is 6.33 Å². The van der Waals surface area contributed by atoms with Crippen molar-refractivity contribution < 1.29 is 14.4 Å². The molecule has 0 spiro atoms. The topological polar surface area (TPSA) is 88.3 Å². The summed E-state index contributed by atoms with van der Waals surface area (Å²) in [6.45, 7) is 0.354. The zero-order valence-corrected chi connectivity index (χ0v) is 10.8. The molecule has 0 fully saturated rings. The second-order valence-electron chi connectivity index (χ2n) is 3.50. The largest absolute Gasteiger partial charge is 0.507 e. The van der Waals surface area contributed by atoms with E-state index in [2.05, 4.69) is 31.4 Å². The van der Waals surface area contributed by atoms with Crippen molar-refractivity contribution in [3.8, 4) is 5.75 Å². The maximum atomic E-state index is 11.8. The van der Waals surface area contributed by atoms with Crippen LogP contribution in [0.1, 0.15) is 16.2 Å². The fourth-order valence-corrected chi connectivity index (χ4v) is 1.74. The average Bonchev–Trinajstić information content (AvgIpc) is 2.85. The van der Waals surface area contributed by atoms with Gasteiger partial charge in [0.05, 0.1) is 5.56 Å². The Labute approximate surface area is 111 Å². The summed E-state index contributed by atoms with van der Waals surface area (Å²) < 4.78 is 5.52. The van der Waals surface area contributed by atoms with E-state index in [0.717, 1.165) is 4.47 Å². The lowest BCUT2D eigenvalue weighted by molar-refractivity contribution is 0.0950. The highest BCUT2D eigenvalue weighted by atomic mass is 79.9. The summed E-state index contributed by atoms with van der Waals surface area (Å²) in [5.41, 5.74) is 0.218. The van der Waals surface area contributed by atoms with Gasteiger partial charge in [-0.15, -0.1) is 0 Å². The number of halogens is 1. The maximum Gasteiger partial charge on any atom is 0.255 e. The molecule has 94 valence electrons. The smallest absolute Gasteiger partial charge is 0.255 e. The summed E-state index contributed by atoms with van der Waals surface area (Å²) in [5.74, 6) is 0.0376. The summed E-state index contributed by atoms with van der Waals surface area (Å²) in [6.07, 6.45) is 1.75. The highest BCUT2D eigenvalue weighted by Gasteiger charge is 2.11. The lowest BCUT2D eigenvalue weighted by atomic mass is 10.2. The van der Waals surface area contributed by atoms with E-state index < -0.39 is 0 Å². The summed E-state index contributed by atoms with van der Waals surface area (Å²) in [4.78, 5) is 15.6. The third-order valence-electron chi connectivity index (χ3n) is 2.23. The van der Waals surface area contributed by atoms with Crippen LogP contribution >= 0.6 is 15.9 Å². The molecule has 0 unspecified atom stereocenters. The third kappa shape index (κ3) is 3.07. The summed E-state index contributed by atoms with van der Waals surface area (Å²) >= 11 is 3.24. The number of phenols is 1. The molecule has 7 heteroatoms. The molecule has 18 heavy (non-hydrogen) atoms. The van der Waals surface area contributed by atoms with Gasteiger partial charge >= 0.3 is 0 Å². The van der Waals surface area contributed by atoms with Gasteiger partial charge in [-0.25, -0.2) is 0 Å². The van der Waals surface area contributed by atoms with Crippen LogP contribution in [0.3, 0.4) is 0 Å². The Hall–Kier alpha value is -1.89. The normalized spacial score (nSPS) is 10.3. The SMILES string of the molecule is O=C(NCCc1ncno1)c1cc(Br)ccc1O. The van der Waals surface area contributed by atoms with Crippen molar-refractivity contribution in [3.63, 3.8) is 0 Å². The van der Waals surface area contributed by atoms with Crippen molar-refractivity contribution in [2.24, 2.45) is 0 Å². The number of aromatic nitrogens is 2. The Morgan fingerprint density at radius 3 is 3.06 bits per heavy atom. The van der Waals surface area contributed by atoms with Crippen LogP contribution in [0.25, 0.3) is 0 Å². The molecule has 0 saturated carbocycles. The Bertz CT molecular complexity index is 542. The van der Waals surface area contributed by atoms with Crippen molar-refractivity contribution >= 4 is 21.8 Å². The molecule has 0 atom stereocenters. The van der Waals surface area contributed by atoms with Gasteiger partial charge in [0.25, 0.3) is 5.91 Å². The van der Waals surface area contributed by atoms with E-state index in [1.165, 1.54) is 12.4 Å². The van der Waals surface area contributed by atoms with E-state index in [-0.39, 0.29) is 17.2 Å². The second-order valence-corrected chi connectivity index (χ2v) is 4.42. The average molecular weight is 312 g/mol. The van der Waals surface area contributed by atoms with Crippen molar-refractivity contribution in [1.29, 1.82) is 0 Å². The van der Waals surface area contributed by atoms with E-state index in [0.29, 0.717) is 18.9 Å². The number of carbonyl (C=O) groups is 1. The minimum atomic E-state index is -0.353. The minimum Gasteiger partial charge on any atom is -0.507 e. The zero-order valence-electron chi connectivity index (χ0n) is 9.26. The fourth-order valence-electron chi connectivity index (χ4n) is 1.37. The van der Waals surface area contributed by atoms with Crippen LogP contribution in [0.5, 0.6) is 5.75 Å². The summed E-state index contributed by atoms with van der Waals surface area (Å²) in [5, 5.41) is 15.7. The molecule has 1 aromatic carbocycles. The number of aromatic hydroxyl groups is 1. The molecule has 2 rings (SSSR count). The van der Waals surface area contributed by atoms with Crippen LogP contribution in [0.2, 0.25) is 0 Å². The molecule has 1 aromatic heterocycles. The molecule has 0 radical (unpaired) electrons. The Morgan fingerprint density at radius 1 is 1.50 bits per heavy atom. The number of carbonyl (C=O) groups excluding carboxylic acids is 1. The maximum absolute atomic E-state index is 11.8. The van der Waals surface area contributed by atoms with Gasteiger partial charge in [-0.1, -0.05) is 21.1 Å². The molecule has 0 aliphatic rings. The third-order valence-corrected chi connectivity index (χ3v) is 2.73. The minimum absolute atomic E-state index is 0.0616. The number of hydrogen-bond donors (Lipinski definition) is 2. The van der Waals surface area contributed by atoms with Crippen molar-refractivity contribution in [1.82, 2.24) is 15.5 Å². The van der Waals surface area contributed by atoms with E-state index >= 15 is 0 Å². The number of phenolic OH excluding ortho intramolecular Hbond substituents is 1. The highest BCUT2D eigenvalue weighted by molar-refractivity contribution is 9.10. The van der Waals surface area contributed by atoms with Crippen LogP contribution in [0.4, 0.5) is 0 Å². The Morgan fingerprint density at radius 2 is 2.33 bits per heavy atom. The number of benzene rings is 1. The zero-order chi connectivity index (χ0) is 13.0. The van der Waals surface area contributed by atoms with Crippen molar-refractivity contribution in [2.45, 2.75) is 6.42 Å². The second kappa shape index (κ2) is 5.63. The predicted octanol–water partition coefficient (Wildman–Crippen LogP) is 1.51. The standard InChI is InChI=1S/C11H10BrN3O3/c12-7-1-2-9(16)8(5-7)11(17)13-4-3-10-14-6-15-18-10/h1-2,5-6,16H,3-4H2,(H,13,17). The van der Waals surface area contributed by atoms with E-state index in [1.807, 2.05) is 0 Å². The lowest BCUT2D eigenvalue weighted by Crippen LogP contribution is -2.25. The highest BCUT2D eigenvalue weighted by Crippen LogP contribution is 2.21. The van der Waals surface area contributed by atoms with Crippen LogP contribution in [0, 0.1) is 0 Å². The molecule has 2 N–H and O–H groups in total. The molecular weight excluding hydrogens is 302 g/mol. The first kappa shape index (κ1) is 12.6. The quantitative estimate of drug-likeness (QED) is 0.893. The van der Waals surface area contributed by atoms with Gasteiger partial charge in [-0.05, 0) is 18.2 Å². The number of hydrogen-bond acceptors (Lipinski definition) is 5. The van der Waals surface area contributed by atoms with Gasteiger partial charge in [0, 0.05) is 17.4 Å². The molecule has 1 heterocycles. The van der Waals surface area contributed by atoms with E-state index in [1.54, 1.807) is 12.1 Å². The summed E-state index contributed by atoms with van der Waals surface area (Å²) in [7, 11) is 0. The van der Waals surface area contributed by atoms with Crippen LogP contribution in [-0.2, 0) is 6.42 Å². The summed E-state index contributed by atoms with van der Waals surface area (Å²) in [6, 6.07) is 4.67. The molecule has 6 nitrogen and oxygen atoms in total. The van der Waals surface area contributed by atoms with Crippen molar-refractivity contribution in [2.75, 3.05) is 6.54 Å². The van der Waals surface area contributed by atoms with Gasteiger partial charge in [-0.2, -0.15) is 4.98 Å². The molecule has 0 saturated heterocycles. The van der Waals surface area contributed by atoms with Gasteiger partial charge < -0.3 is 14.9 Å². The number of nitrogens with zero attached hydrogens (tertiary/aromatic N) is 2. The number of nitrogens with one attached hydrogen (secondary N) is 1. The monoisotopic (exact) mass is 311 g/mol. The molecule has 1 amide bonds. The number of amides is 1. The van der Waals surface area contributed by atoms with Crippen LogP contribution < -0.4 is 5.32 Å². The molecule has 0 aliphatic carbocycles. The first-order valence-corrected chi connectivity index (χ1v) is 5.98. The van der Waals surface area contributed by atoms with Gasteiger partial charge in [0.2, 0.25) is 5.89 Å². The van der Waals surface area contributed by atoms with Crippen LogP contribution in [-0.4, -0.2) is 27.7 Å². The fraction of sp³-hybridized carbons (Fsp3) is 0.182. The molecule has 0 bridgehead atoms. The number of rotatable bonds is 4. The Balaban J connectivity index is 1.93. The van der Waals surface area contributed by atoms with E-state index in [4.69, 9.17) is 4.52 Å². The predicted molar refractivity (Wildman–Crippen MR) is 66.1 cm³/mol. The molecule has 2 aromatic rings. The molecular formula is C11H10BrN3O3. The Kier molecular flexibility index (Phi) is 3.93. The van der Waals surface area contributed by atoms with Crippen LogP contribution in [0.15, 0.2) is 33.5 Å². The van der Waals surface area contributed by atoms with Gasteiger partial charge in [0.1, 0.15) is 5.75 Å². The lowest BCUT2D eigenvalue weighted by Gasteiger charge is -2.06. The first-order valence-electron chi connectivity index (χ1n) is 5.19. The van der Waals surface area contributed by atoms with Crippen molar-refractivity contribution in [3.05, 3.63) is 40.5 Å². The molecule has 0 aliphatic heterocycles. The first-order chi connectivity index (χ1) is 8.66. The van der Waals surface area contributed by atoms with E-state index in [9.17, 15) is 9.90 Å².